The van der Waals surface area contributed by atoms with Crippen molar-refractivity contribution in [3.05, 3.63) is 0 Å². The third kappa shape index (κ3) is 1.72. The zero-order chi connectivity index (χ0) is 9.53. The maximum atomic E-state index is 5.92. The molecule has 0 saturated heterocycles. The van der Waals surface area contributed by atoms with Gasteiger partial charge in [-0.05, 0) is 39.5 Å². The molecule has 2 rings (SSSR count). The quantitative estimate of drug-likeness (QED) is 0.563. The first-order valence-corrected chi connectivity index (χ1v) is 5.27. The van der Waals surface area contributed by atoms with Crippen molar-refractivity contribution in [2.75, 3.05) is 0 Å². The van der Waals surface area contributed by atoms with Gasteiger partial charge in [0.2, 0.25) is 0 Å². The lowest BCUT2D eigenvalue weighted by Crippen LogP contribution is -2.43. The topological polar surface area (TPSA) is 21.6 Å². The number of ether oxygens (including phenoxy) is 1. The standard InChI is InChI=1S/C11H19NO/c1-9-12-10(2,3)8-11(13-9)6-4-5-7-11/h4-8H2,1-3H3. The van der Waals surface area contributed by atoms with Gasteiger partial charge < -0.3 is 4.74 Å². The molecule has 1 aliphatic carbocycles. The third-order valence-electron chi connectivity index (χ3n) is 3.09. The lowest BCUT2D eigenvalue weighted by molar-refractivity contribution is 0.0170. The normalized spacial score (nSPS) is 29.9. The minimum Gasteiger partial charge on any atom is -0.475 e. The van der Waals surface area contributed by atoms with Crippen LogP contribution in [-0.2, 0) is 4.74 Å². The Bertz CT molecular complexity index is 236. The van der Waals surface area contributed by atoms with Crippen LogP contribution >= 0.6 is 0 Å². The average Bonchev–Trinajstić information content (AvgIpc) is 2.31. The second-order valence-electron chi connectivity index (χ2n) is 5.11. The molecule has 1 heterocycles. The lowest BCUT2D eigenvalue weighted by atomic mass is 9.85. The van der Waals surface area contributed by atoms with Gasteiger partial charge in [0.1, 0.15) is 5.60 Å². The fourth-order valence-electron chi connectivity index (χ4n) is 2.92. The maximum absolute atomic E-state index is 5.92. The molecule has 1 saturated carbocycles. The van der Waals surface area contributed by atoms with Gasteiger partial charge >= 0.3 is 0 Å². The number of rotatable bonds is 0. The first kappa shape index (κ1) is 9.04. The third-order valence-corrected chi connectivity index (χ3v) is 3.09. The molecule has 1 aliphatic heterocycles. The summed E-state index contributed by atoms with van der Waals surface area (Å²) in [6, 6.07) is 0. The van der Waals surface area contributed by atoms with Gasteiger partial charge in [0, 0.05) is 13.3 Å². The molecule has 0 aromatic rings. The van der Waals surface area contributed by atoms with Crippen molar-refractivity contribution in [3.63, 3.8) is 0 Å². The van der Waals surface area contributed by atoms with Crippen molar-refractivity contribution in [3.8, 4) is 0 Å². The minimum absolute atomic E-state index is 0.0900. The number of nitrogens with zero attached hydrogens (tertiary/aromatic N) is 1. The van der Waals surface area contributed by atoms with Crippen molar-refractivity contribution >= 4 is 5.90 Å². The van der Waals surface area contributed by atoms with Crippen LogP contribution in [0.2, 0.25) is 0 Å². The molecular weight excluding hydrogens is 162 g/mol. The highest BCUT2D eigenvalue weighted by Gasteiger charge is 2.43. The fraction of sp³-hybridized carbons (Fsp3) is 0.909. The Morgan fingerprint density at radius 3 is 2.38 bits per heavy atom. The molecular formula is C11H19NO. The summed E-state index contributed by atoms with van der Waals surface area (Å²) < 4.78 is 5.92. The number of hydrogen-bond donors (Lipinski definition) is 0. The number of aliphatic imine (C=N–C) groups is 1. The molecule has 1 spiro atoms. The maximum Gasteiger partial charge on any atom is 0.181 e. The molecule has 2 heteroatoms. The van der Waals surface area contributed by atoms with E-state index in [2.05, 4.69) is 18.8 Å². The molecule has 0 aromatic carbocycles. The van der Waals surface area contributed by atoms with E-state index >= 15 is 0 Å². The highest BCUT2D eigenvalue weighted by Crippen LogP contribution is 2.43. The van der Waals surface area contributed by atoms with E-state index in [4.69, 9.17) is 4.74 Å². The van der Waals surface area contributed by atoms with Crippen molar-refractivity contribution in [2.24, 2.45) is 4.99 Å². The zero-order valence-corrected chi connectivity index (χ0v) is 8.89. The van der Waals surface area contributed by atoms with Gasteiger partial charge in [-0.3, -0.25) is 0 Å². The van der Waals surface area contributed by atoms with Gasteiger partial charge in [-0.2, -0.15) is 0 Å². The SMILES string of the molecule is CC1=NC(C)(C)CC2(CCCC2)O1. The molecule has 0 radical (unpaired) electrons. The van der Waals surface area contributed by atoms with E-state index in [9.17, 15) is 0 Å². The molecule has 1 fully saturated rings. The van der Waals surface area contributed by atoms with E-state index in [-0.39, 0.29) is 11.1 Å². The Hall–Kier alpha value is -0.530. The predicted molar refractivity (Wildman–Crippen MR) is 54.1 cm³/mol. The molecule has 2 nitrogen and oxygen atoms in total. The van der Waals surface area contributed by atoms with Crippen LogP contribution < -0.4 is 0 Å². The Morgan fingerprint density at radius 1 is 1.23 bits per heavy atom. The second kappa shape index (κ2) is 2.73. The molecule has 0 N–H and O–H groups in total. The van der Waals surface area contributed by atoms with Crippen molar-refractivity contribution in [2.45, 2.75) is 64.0 Å². The van der Waals surface area contributed by atoms with E-state index in [1.54, 1.807) is 0 Å². The van der Waals surface area contributed by atoms with Gasteiger partial charge in [-0.15, -0.1) is 0 Å². The summed E-state index contributed by atoms with van der Waals surface area (Å²) in [6.07, 6.45) is 6.19. The second-order valence-corrected chi connectivity index (χ2v) is 5.11. The molecule has 2 aliphatic rings. The Balaban J connectivity index is 2.22. The first-order chi connectivity index (χ1) is 6.02. The summed E-state index contributed by atoms with van der Waals surface area (Å²) in [6.45, 7) is 6.40. The van der Waals surface area contributed by atoms with E-state index in [0.717, 1.165) is 12.3 Å². The van der Waals surface area contributed by atoms with Crippen LogP contribution in [0.25, 0.3) is 0 Å². The van der Waals surface area contributed by atoms with Crippen LogP contribution in [0.5, 0.6) is 0 Å². The molecule has 0 atom stereocenters. The van der Waals surface area contributed by atoms with Gasteiger partial charge in [0.25, 0.3) is 0 Å². The Morgan fingerprint density at radius 2 is 1.85 bits per heavy atom. The highest BCUT2D eigenvalue weighted by atomic mass is 16.5. The summed E-state index contributed by atoms with van der Waals surface area (Å²) in [5, 5.41) is 0. The zero-order valence-electron chi connectivity index (χ0n) is 8.89. The molecule has 0 aromatic heterocycles. The fourth-order valence-corrected chi connectivity index (χ4v) is 2.92. The lowest BCUT2D eigenvalue weighted by Gasteiger charge is -2.40. The van der Waals surface area contributed by atoms with Gasteiger partial charge in [-0.1, -0.05) is 0 Å². The van der Waals surface area contributed by atoms with Crippen LogP contribution in [0.3, 0.4) is 0 Å². The first-order valence-electron chi connectivity index (χ1n) is 5.27. The van der Waals surface area contributed by atoms with Crippen molar-refractivity contribution in [1.82, 2.24) is 0 Å². The average molecular weight is 181 g/mol. The molecule has 0 unspecified atom stereocenters. The van der Waals surface area contributed by atoms with Gasteiger partial charge in [0.15, 0.2) is 5.90 Å². The Labute approximate surface area is 80.4 Å². The van der Waals surface area contributed by atoms with Crippen LogP contribution in [0.4, 0.5) is 0 Å². The molecule has 0 amide bonds. The van der Waals surface area contributed by atoms with E-state index < -0.39 is 0 Å². The molecule has 13 heavy (non-hydrogen) atoms. The summed E-state index contributed by atoms with van der Waals surface area (Å²) in [7, 11) is 0. The summed E-state index contributed by atoms with van der Waals surface area (Å²) in [4.78, 5) is 4.53. The van der Waals surface area contributed by atoms with E-state index in [1.807, 2.05) is 6.92 Å². The summed E-state index contributed by atoms with van der Waals surface area (Å²) in [5.41, 5.74) is 0.238. The van der Waals surface area contributed by atoms with Gasteiger partial charge in [0.05, 0.1) is 5.54 Å². The van der Waals surface area contributed by atoms with Crippen LogP contribution in [-0.4, -0.2) is 17.0 Å². The monoisotopic (exact) mass is 181 g/mol. The van der Waals surface area contributed by atoms with Crippen molar-refractivity contribution in [1.29, 1.82) is 0 Å². The van der Waals surface area contributed by atoms with Crippen LogP contribution in [0.1, 0.15) is 52.9 Å². The summed E-state index contributed by atoms with van der Waals surface area (Å²) >= 11 is 0. The summed E-state index contributed by atoms with van der Waals surface area (Å²) in [5.74, 6) is 0.887. The van der Waals surface area contributed by atoms with Gasteiger partial charge in [-0.25, -0.2) is 4.99 Å². The van der Waals surface area contributed by atoms with Crippen molar-refractivity contribution < 1.29 is 4.74 Å². The minimum atomic E-state index is 0.0900. The van der Waals surface area contributed by atoms with Crippen LogP contribution in [0.15, 0.2) is 4.99 Å². The highest BCUT2D eigenvalue weighted by molar-refractivity contribution is 5.75. The Kier molecular flexibility index (Phi) is 1.90. The van der Waals surface area contributed by atoms with E-state index in [0.29, 0.717) is 0 Å². The molecule has 74 valence electrons. The number of hydrogen-bond acceptors (Lipinski definition) is 2. The van der Waals surface area contributed by atoms with E-state index in [1.165, 1.54) is 25.7 Å². The van der Waals surface area contributed by atoms with Crippen LogP contribution in [0, 0.1) is 0 Å². The molecule has 0 bridgehead atoms. The smallest absolute Gasteiger partial charge is 0.181 e. The predicted octanol–water partition coefficient (Wildman–Crippen LogP) is 2.92. The largest absolute Gasteiger partial charge is 0.475 e.